The highest BCUT2D eigenvalue weighted by Crippen LogP contribution is 2.17. The van der Waals surface area contributed by atoms with Gasteiger partial charge in [0.2, 0.25) is 5.91 Å². The summed E-state index contributed by atoms with van der Waals surface area (Å²) in [5.74, 6) is 0.989. The first-order valence-electron chi connectivity index (χ1n) is 7.35. The average molecular weight is 307 g/mol. The summed E-state index contributed by atoms with van der Waals surface area (Å²) in [6.07, 6.45) is 2.91. The second kappa shape index (κ2) is 6.45. The Morgan fingerprint density at radius 3 is 3.19 bits per heavy atom. The molecule has 1 aromatic heterocycles. The predicted octanol–water partition coefficient (Wildman–Crippen LogP) is 2.22. The monoisotopic (exact) mass is 306 g/mol. The average Bonchev–Trinajstić information content (AvgIpc) is 2.69. The van der Waals surface area contributed by atoms with E-state index in [1.807, 2.05) is 18.2 Å². The minimum Gasteiger partial charge on any atom is -0.349 e. The summed E-state index contributed by atoms with van der Waals surface area (Å²) >= 11 is 5.95. The summed E-state index contributed by atoms with van der Waals surface area (Å²) in [5, 5.41) is 6.97. The van der Waals surface area contributed by atoms with Gasteiger partial charge in [-0.15, -0.1) is 0 Å². The number of H-pyrrole nitrogens is 1. The Balaban J connectivity index is 1.61. The number of imidazole rings is 1. The maximum Gasteiger partial charge on any atom is 0.223 e. The molecule has 0 saturated carbocycles. The zero-order valence-corrected chi connectivity index (χ0v) is 12.5. The molecule has 1 saturated heterocycles. The van der Waals surface area contributed by atoms with Crippen LogP contribution in [0.3, 0.4) is 0 Å². The van der Waals surface area contributed by atoms with Crippen LogP contribution in [-0.4, -0.2) is 29.0 Å². The van der Waals surface area contributed by atoms with E-state index >= 15 is 0 Å². The van der Waals surface area contributed by atoms with Crippen molar-refractivity contribution in [3.05, 3.63) is 29.0 Å². The van der Waals surface area contributed by atoms with Gasteiger partial charge in [0.1, 0.15) is 5.82 Å². The molecule has 1 fully saturated rings. The molecule has 5 nitrogen and oxygen atoms in total. The maximum atomic E-state index is 12.2. The molecular weight excluding hydrogens is 288 g/mol. The molecule has 0 radical (unpaired) electrons. The first kappa shape index (κ1) is 14.4. The van der Waals surface area contributed by atoms with Gasteiger partial charge in [-0.05, 0) is 50.6 Å². The van der Waals surface area contributed by atoms with Crippen LogP contribution in [0.5, 0.6) is 0 Å². The number of carbonyl (C=O) groups excluding carboxylic acids is 1. The molecule has 0 spiro atoms. The summed E-state index contributed by atoms with van der Waals surface area (Å²) in [6.45, 7) is 2.35. The lowest BCUT2D eigenvalue weighted by Crippen LogP contribution is -2.31. The van der Waals surface area contributed by atoms with E-state index in [4.69, 9.17) is 11.6 Å². The van der Waals surface area contributed by atoms with Crippen LogP contribution in [0, 0.1) is 5.92 Å². The lowest BCUT2D eigenvalue weighted by Gasteiger charge is -2.12. The van der Waals surface area contributed by atoms with E-state index in [0.29, 0.717) is 11.6 Å². The lowest BCUT2D eigenvalue weighted by atomic mass is 10.00. The van der Waals surface area contributed by atoms with Crippen molar-refractivity contribution in [2.75, 3.05) is 13.1 Å². The topological polar surface area (TPSA) is 69.8 Å². The van der Waals surface area contributed by atoms with Gasteiger partial charge in [0.05, 0.1) is 17.6 Å². The first-order chi connectivity index (χ1) is 10.2. The summed E-state index contributed by atoms with van der Waals surface area (Å²) in [7, 11) is 0. The summed E-state index contributed by atoms with van der Waals surface area (Å²) in [4.78, 5) is 19.8. The first-order valence-corrected chi connectivity index (χ1v) is 7.73. The van der Waals surface area contributed by atoms with Gasteiger partial charge in [0.25, 0.3) is 0 Å². The van der Waals surface area contributed by atoms with Crippen LogP contribution in [0.25, 0.3) is 11.0 Å². The second-order valence-corrected chi connectivity index (χ2v) is 5.88. The van der Waals surface area contributed by atoms with Gasteiger partial charge >= 0.3 is 0 Å². The molecule has 3 N–H and O–H groups in total. The molecule has 2 heterocycles. The molecule has 1 amide bonds. The van der Waals surface area contributed by atoms with Crippen LogP contribution in [0.15, 0.2) is 18.2 Å². The van der Waals surface area contributed by atoms with Gasteiger partial charge in [0.15, 0.2) is 0 Å². The number of rotatable bonds is 3. The number of amides is 1. The van der Waals surface area contributed by atoms with E-state index in [2.05, 4.69) is 20.6 Å². The third kappa shape index (κ3) is 3.54. The predicted molar refractivity (Wildman–Crippen MR) is 83.2 cm³/mol. The van der Waals surface area contributed by atoms with Crippen molar-refractivity contribution in [1.29, 1.82) is 0 Å². The third-order valence-corrected chi connectivity index (χ3v) is 4.10. The smallest absolute Gasteiger partial charge is 0.223 e. The Hall–Kier alpha value is -1.59. The molecule has 1 aliphatic heterocycles. The van der Waals surface area contributed by atoms with Crippen molar-refractivity contribution in [3.63, 3.8) is 0 Å². The molecule has 6 heteroatoms. The van der Waals surface area contributed by atoms with Crippen LogP contribution in [0.2, 0.25) is 5.02 Å². The zero-order chi connectivity index (χ0) is 14.7. The highest BCUT2D eigenvalue weighted by Gasteiger charge is 2.19. The van der Waals surface area contributed by atoms with E-state index in [9.17, 15) is 4.79 Å². The fraction of sp³-hybridized carbons (Fsp3) is 0.467. The van der Waals surface area contributed by atoms with E-state index < -0.39 is 0 Å². The van der Waals surface area contributed by atoms with Crippen LogP contribution >= 0.6 is 11.6 Å². The van der Waals surface area contributed by atoms with Gasteiger partial charge in [-0.2, -0.15) is 0 Å². The quantitative estimate of drug-likeness (QED) is 0.814. The van der Waals surface area contributed by atoms with Crippen LogP contribution in [0.1, 0.15) is 25.1 Å². The highest BCUT2D eigenvalue weighted by atomic mass is 35.5. The van der Waals surface area contributed by atoms with Crippen molar-refractivity contribution in [1.82, 2.24) is 20.6 Å². The van der Waals surface area contributed by atoms with Gasteiger partial charge in [-0.3, -0.25) is 4.79 Å². The minimum atomic E-state index is 0.110. The Labute approximate surface area is 128 Å². The highest BCUT2D eigenvalue weighted by molar-refractivity contribution is 6.31. The van der Waals surface area contributed by atoms with Gasteiger partial charge in [-0.25, -0.2) is 4.98 Å². The van der Waals surface area contributed by atoms with Gasteiger partial charge in [-0.1, -0.05) is 11.6 Å². The van der Waals surface area contributed by atoms with E-state index in [-0.39, 0.29) is 11.8 Å². The molecule has 1 atom stereocenters. The number of aromatic nitrogens is 2. The SMILES string of the molecule is O=C(NCc1nc2ccc(Cl)cc2[nH]1)C1CCCNCC1. The molecule has 112 valence electrons. The normalized spacial score (nSPS) is 19.4. The fourth-order valence-electron chi connectivity index (χ4n) is 2.71. The van der Waals surface area contributed by atoms with E-state index in [0.717, 1.165) is 49.2 Å². The van der Waals surface area contributed by atoms with Crippen molar-refractivity contribution < 1.29 is 4.79 Å². The number of hydrogen-bond acceptors (Lipinski definition) is 3. The van der Waals surface area contributed by atoms with Crippen molar-refractivity contribution in [2.24, 2.45) is 5.92 Å². The Morgan fingerprint density at radius 2 is 2.29 bits per heavy atom. The Morgan fingerprint density at radius 1 is 1.38 bits per heavy atom. The van der Waals surface area contributed by atoms with Crippen LogP contribution in [-0.2, 0) is 11.3 Å². The summed E-state index contributed by atoms with van der Waals surface area (Å²) in [5.41, 5.74) is 1.76. The summed E-state index contributed by atoms with van der Waals surface area (Å²) < 4.78 is 0. The molecule has 1 aromatic carbocycles. The third-order valence-electron chi connectivity index (χ3n) is 3.87. The van der Waals surface area contributed by atoms with Gasteiger partial charge < -0.3 is 15.6 Å². The molecule has 0 aliphatic carbocycles. The summed E-state index contributed by atoms with van der Waals surface area (Å²) in [6, 6.07) is 5.52. The molecule has 0 bridgehead atoms. The van der Waals surface area contributed by atoms with E-state index in [1.165, 1.54) is 0 Å². The largest absolute Gasteiger partial charge is 0.349 e. The second-order valence-electron chi connectivity index (χ2n) is 5.44. The number of nitrogens with zero attached hydrogens (tertiary/aromatic N) is 1. The number of fused-ring (bicyclic) bond motifs is 1. The standard InChI is InChI=1S/C15H19ClN4O/c16-11-3-4-12-13(8-11)20-14(19-12)9-18-15(21)10-2-1-6-17-7-5-10/h3-4,8,10,17H,1-2,5-7,9H2,(H,18,21)(H,19,20). The molecular formula is C15H19ClN4O. The number of carbonyl (C=O) groups is 1. The number of benzene rings is 1. The van der Waals surface area contributed by atoms with Gasteiger partial charge in [0, 0.05) is 10.9 Å². The molecule has 1 aliphatic rings. The maximum absolute atomic E-state index is 12.2. The fourth-order valence-corrected chi connectivity index (χ4v) is 2.89. The van der Waals surface area contributed by atoms with Crippen molar-refractivity contribution >= 4 is 28.5 Å². The van der Waals surface area contributed by atoms with Crippen LogP contribution < -0.4 is 10.6 Å². The Bertz CT molecular complexity index is 632. The number of halogens is 1. The minimum absolute atomic E-state index is 0.110. The number of hydrogen-bond donors (Lipinski definition) is 3. The van der Waals surface area contributed by atoms with E-state index in [1.54, 1.807) is 0 Å². The van der Waals surface area contributed by atoms with Crippen molar-refractivity contribution in [2.45, 2.75) is 25.8 Å². The molecule has 1 unspecified atom stereocenters. The molecule has 21 heavy (non-hydrogen) atoms. The number of nitrogens with one attached hydrogen (secondary N) is 3. The zero-order valence-electron chi connectivity index (χ0n) is 11.8. The molecule has 2 aromatic rings. The van der Waals surface area contributed by atoms with Crippen LogP contribution in [0.4, 0.5) is 0 Å². The lowest BCUT2D eigenvalue weighted by molar-refractivity contribution is -0.125. The number of aromatic amines is 1. The Kier molecular flexibility index (Phi) is 4.41. The van der Waals surface area contributed by atoms with Crippen molar-refractivity contribution in [3.8, 4) is 0 Å². The molecule has 3 rings (SSSR count).